The molecule has 1 aliphatic carbocycles. The van der Waals surface area contributed by atoms with Crippen LogP contribution in [-0.4, -0.2) is 24.6 Å². The summed E-state index contributed by atoms with van der Waals surface area (Å²) in [6.45, 7) is 0.657. The highest BCUT2D eigenvalue weighted by atomic mass is 35.5. The van der Waals surface area contributed by atoms with Crippen molar-refractivity contribution in [1.82, 2.24) is 24.6 Å². The first-order chi connectivity index (χ1) is 13.3. The summed E-state index contributed by atoms with van der Waals surface area (Å²) in [5.74, 6) is 2.14. The third-order valence-electron chi connectivity index (χ3n) is 4.74. The number of benzene rings is 1. The van der Waals surface area contributed by atoms with Gasteiger partial charge in [-0.15, -0.1) is 0 Å². The first-order valence-electron chi connectivity index (χ1n) is 8.92. The van der Waals surface area contributed by atoms with E-state index in [4.69, 9.17) is 11.6 Å². The lowest BCUT2D eigenvalue weighted by atomic mass is 10.1. The molecule has 0 unspecified atom stereocenters. The van der Waals surface area contributed by atoms with Gasteiger partial charge in [-0.25, -0.2) is 15.0 Å². The topological polar surface area (TPSA) is 68.0 Å². The van der Waals surface area contributed by atoms with Crippen molar-refractivity contribution in [3.8, 4) is 11.4 Å². The van der Waals surface area contributed by atoms with Gasteiger partial charge >= 0.3 is 0 Å². The molecular formula is C20H17ClN6. The molecule has 1 N–H and O–H groups in total. The Labute approximate surface area is 161 Å². The molecular weight excluding hydrogens is 360 g/mol. The van der Waals surface area contributed by atoms with Crippen molar-refractivity contribution < 1.29 is 0 Å². The second-order valence-electron chi connectivity index (χ2n) is 6.70. The summed E-state index contributed by atoms with van der Waals surface area (Å²) in [7, 11) is 0. The molecule has 1 saturated carbocycles. The van der Waals surface area contributed by atoms with Gasteiger partial charge in [-0.1, -0.05) is 35.9 Å². The largest absolute Gasteiger partial charge is 0.366 e. The van der Waals surface area contributed by atoms with Crippen LogP contribution >= 0.6 is 11.6 Å². The van der Waals surface area contributed by atoms with Crippen LogP contribution in [0.5, 0.6) is 0 Å². The van der Waals surface area contributed by atoms with Gasteiger partial charge in [0.05, 0.1) is 6.20 Å². The van der Waals surface area contributed by atoms with Crippen molar-refractivity contribution in [2.45, 2.75) is 25.3 Å². The van der Waals surface area contributed by atoms with Gasteiger partial charge in [0.1, 0.15) is 11.0 Å². The van der Waals surface area contributed by atoms with E-state index in [1.54, 1.807) is 12.4 Å². The zero-order chi connectivity index (χ0) is 18.2. The van der Waals surface area contributed by atoms with Crippen LogP contribution < -0.4 is 5.32 Å². The standard InChI is InChI=1S/C20H17ClN6/c21-17-10-18(27-20(26-17)16(12-25-27)14-6-7-14)24-11-13-2-4-15(5-3-13)19-22-8-1-9-23-19/h1-5,8-10,12,14,24H,6-7,11H2. The van der Waals surface area contributed by atoms with Gasteiger partial charge in [-0.2, -0.15) is 9.61 Å². The Morgan fingerprint density at radius 1 is 1.11 bits per heavy atom. The summed E-state index contributed by atoms with van der Waals surface area (Å²) in [6, 6.07) is 11.8. The van der Waals surface area contributed by atoms with Crippen LogP contribution in [0.4, 0.5) is 5.82 Å². The van der Waals surface area contributed by atoms with Crippen molar-refractivity contribution in [2.24, 2.45) is 0 Å². The van der Waals surface area contributed by atoms with E-state index >= 15 is 0 Å². The van der Waals surface area contributed by atoms with Crippen molar-refractivity contribution >= 4 is 23.1 Å². The van der Waals surface area contributed by atoms with E-state index in [1.807, 2.05) is 35.0 Å². The summed E-state index contributed by atoms with van der Waals surface area (Å²) >= 11 is 6.24. The third-order valence-corrected chi connectivity index (χ3v) is 4.93. The van der Waals surface area contributed by atoms with E-state index in [2.05, 4.69) is 37.5 Å². The molecule has 3 heterocycles. The Kier molecular flexibility index (Phi) is 3.98. The fourth-order valence-corrected chi connectivity index (χ4v) is 3.35. The molecule has 5 rings (SSSR count). The summed E-state index contributed by atoms with van der Waals surface area (Å²) in [4.78, 5) is 13.0. The molecule has 27 heavy (non-hydrogen) atoms. The number of halogens is 1. The lowest BCUT2D eigenvalue weighted by Gasteiger charge is -2.10. The average molecular weight is 377 g/mol. The zero-order valence-corrected chi connectivity index (χ0v) is 15.3. The monoisotopic (exact) mass is 376 g/mol. The molecule has 0 atom stereocenters. The first-order valence-corrected chi connectivity index (χ1v) is 9.30. The number of anilines is 1. The SMILES string of the molecule is Clc1cc(NCc2ccc(-c3ncccn3)cc2)n2ncc(C3CC3)c2n1. The highest BCUT2D eigenvalue weighted by Gasteiger charge is 2.28. The Morgan fingerprint density at radius 2 is 1.89 bits per heavy atom. The molecule has 0 spiro atoms. The van der Waals surface area contributed by atoms with Gasteiger partial charge in [-0.3, -0.25) is 0 Å². The van der Waals surface area contributed by atoms with Crippen LogP contribution in [0, 0.1) is 0 Å². The van der Waals surface area contributed by atoms with Crippen molar-refractivity contribution in [3.05, 3.63) is 71.3 Å². The molecule has 0 bridgehead atoms. The van der Waals surface area contributed by atoms with Gasteiger partial charge in [-0.05, 0) is 30.4 Å². The number of hydrogen-bond donors (Lipinski definition) is 1. The predicted octanol–water partition coefficient (Wildman–Crippen LogP) is 4.33. The van der Waals surface area contributed by atoms with E-state index in [1.165, 1.54) is 18.4 Å². The minimum absolute atomic E-state index is 0.476. The Balaban J connectivity index is 1.37. The Hall–Kier alpha value is -2.99. The minimum atomic E-state index is 0.476. The molecule has 1 aliphatic rings. The van der Waals surface area contributed by atoms with E-state index < -0.39 is 0 Å². The molecule has 1 fully saturated rings. The summed E-state index contributed by atoms with van der Waals surface area (Å²) in [6.07, 6.45) is 7.81. The first kappa shape index (κ1) is 16.2. The summed E-state index contributed by atoms with van der Waals surface area (Å²) < 4.78 is 1.84. The molecule has 6 nitrogen and oxygen atoms in total. The van der Waals surface area contributed by atoms with Crippen LogP contribution in [0.2, 0.25) is 5.15 Å². The van der Waals surface area contributed by atoms with E-state index in [0.29, 0.717) is 17.6 Å². The number of rotatable bonds is 5. The van der Waals surface area contributed by atoms with E-state index in [9.17, 15) is 0 Å². The molecule has 0 amide bonds. The Morgan fingerprint density at radius 3 is 2.63 bits per heavy atom. The molecule has 0 saturated heterocycles. The Bertz CT molecular complexity index is 1090. The smallest absolute Gasteiger partial charge is 0.162 e. The lowest BCUT2D eigenvalue weighted by Crippen LogP contribution is -2.06. The van der Waals surface area contributed by atoms with Gasteiger partial charge in [0.25, 0.3) is 0 Å². The van der Waals surface area contributed by atoms with E-state index in [0.717, 1.165) is 28.4 Å². The van der Waals surface area contributed by atoms with Crippen LogP contribution in [0.25, 0.3) is 17.0 Å². The number of nitrogens with zero attached hydrogens (tertiary/aromatic N) is 5. The van der Waals surface area contributed by atoms with Crippen LogP contribution in [0.15, 0.2) is 55.0 Å². The lowest BCUT2D eigenvalue weighted by molar-refractivity contribution is 0.925. The molecule has 3 aromatic heterocycles. The van der Waals surface area contributed by atoms with E-state index in [-0.39, 0.29) is 0 Å². The maximum absolute atomic E-state index is 6.24. The number of nitrogens with one attached hydrogen (secondary N) is 1. The van der Waals surface area contributed by atoms with Gasteiger partial charge < -0.3 is 5.32 Å². The normalized spacial score (nSPS) is 13.8. The van der Waals surface area contributed by atoms with Crippen LogP contribution in [0.1, 0.15) is 29.9 Å². The third kappa shape index (κ3) is 3.24. The van der Waals surface area contributed by atoms with Gasteiger partial charge in [0.15, 0.2) is 11.5 Å². The van der Waals surface area contributed by atoms with Gasteiger partial charge in [0.2, 0.25) is 0 Å². The van der Waals surface area contributed by atoms with Crippen molar-refractivity contribution in [1.29, 1.82) is 0 Å². The van der Waals surface area contributed by atoms with Gasteiger partial charge in [0, 0.05) is 36.1 Å². The summed E-state index contributed by atoms with van der Waals surface area (Å²) in [5.41, 5.74) is 4.18. The molecule has 4 aromatic rings. The fraction of sp³-hybridized carbons (Fsp3) is 0.200. The quantitative estimate of drug-likeness (QED) is 0.525. The molecule has 7 heteroatoms. The molecule has 1 aromatic carbocycles. The zero-order valence-electron chi connectivity index (χ0n) is 14.5. The maximum atomic E-state index is 6.24. The maximum Gasteiger partial charge on any atom is 0.162 e. The van der Waals surface area contributed by atoms with Crippen molar-refractivity contribution in [2.75, 3.05) is 5.32 Å². The minimum Gasteiger partial charge on any atom is -0.366 e. The molecule has 134 valence electrons. The second-order valence-corrected chi connectivity index (χ2v) is 7.08. The predicted molar refractivity (Wildman–Crippen MR) is 105 cm³/mol. The van der Waals surface area contributed by atoms with Crippen LogP contribution in [-0.2, 0) is 6.54 Å². The second kappa shape index (κ2) is 6.63. The highest BCUT2D eigenvalue weighted by Crippen LogP contribution is 2.42. The molecule has 0 aliphatic heterocycles. The number of hydrogen-bond acceptors (Lipinski definition) is 5. The fourth-order valence-electron chi connectivity index (χ4n) is 3.17. The highest BCUT2D eigenvalue weighted by molar-refractivity contribution is 6.29. The average Bonchev–Trinajstić information content (AvgIpc) is 3.46. The molecule has 0 radical (unpaired) electrons. The van der Waals surface area contributed by atoms with Crippen LogP contribution in [0.3, 0.4) is 0 Å². The summed E-state index contributed by atoms with van der Waals surface area (Å²) in [5, 5.41) is 8.40. The van der Waals surface area contributed by atoms with Crippen molar-refractivity contribution in [3.63, 3.8) is 0 Å². The number of fused-ring (bicyclic) bond motifs is 1. The number of aromatic nitrogens is 5.